The number of halogens is 1. The SMILES string of the molecule is CN1OC(C)(C)CC1S(=O)(=O)Cc1noc2cc(F)c(NC(=O)C(C)(C)C)cc12. The largest absolute Gasteiger partial charge is 0.356 e. The van der Waals surface area contributed by atoms with Gasteiger partial charge in [0.05, 0.1) is 17.0 Å². The van der Waals surface area contributed by atoms with E-state index in [1.807, 2.05) is 13.8 Å². The van der Waals surface area contributed by atoms with Gasteiger partial charge in [-0.1, -0.05) is 25.9 Å². The first-order valence-electron chi connectivity index (χ1n) is 9.22. The van der Waals surface area contributed by atoms with Gasteiger partial charge in [-0.2, -0.15) is 5.06 Å². The molecule has 0 bridgehead atoms. The van der Waals surface area contributed by atoms with Gasteiger partial charge in [-0.05, 0) is 19.9 Å². The van der Waals surface area contributed by atoms with Crippen LogP contribution >= 0.6 is 0 Å². The fourth-order valence-corrected chi connectivity index (χ4v) is 5.13. The van der Waals surface area contributed by atoms with Gasteiger partial charge < -0.3 is 9.84 Å². The molecule has 1 atom stereocenters. The van der Waals surface area contributed by atoms with E-state index in [1.165, 1.54) is 11.1 Å². The molecule has 29 heavy (non-hydrogen) atoms. The maximum Gasteiger partial charge on any atom is 0.229 e. The zero-order valence-electron chi connectivity index (χ0n) is 17.4. The number of carbonyl (C=O) groups is 1. The second kappa shape index (κ2) is 7.03. The van der Waals surface area contributed by atoms with E-state index in [0.29, 0.717) is 11.8 Å². The molecular formula is C19H26FN3O5S. The van der Waals surface area contributed by atoms with E-state index in [1.54, 1.807) is 27.8 Å². The highest BCUT2D eigenvalue weighted by atomic mass is 32.2. The molecule has 1 N–H and O–H groups in total. The molecule has 3 rings (SSSR count). The van der Waals surface area contributed by atoms with Crippen molar-refractivity contribution in [3.05, 3.63) is 23.6 Å². The molecule has 0 saturated carbocycles. The fourth-order valence-electron chi connectivity index (χ4n) is 3.19. The van der Waals surface area contributed by atoms with Crippen LogP contribution in [0.15, 0.2) is 16.7 Å². The molecule has 2 aromatic rings. The average molecular weight is 427 g/mol. The number of fused-ring (bicyclic) bond motifs is 1. The fraction of sp³-hybridized carbons (Fsp3) is 0.579. The summed E-state index contributed by atoms with van der Waals surface area (Å²) >= 11 is 0. The zero-order chi connectivity index (χ0) is 21.8. The Morgan fingerprint density at radius 2 is 2.03 bits per heavy atom. The maximum absolute atomic E-state index is 14.4. The molecule has 0 radical (unpaired) electrons. The number of rotatable bonds is 4. The Hall–Kier alpha value is -2.04. The van der Waals surface area contributed by atoms with Crippen molar-refractivity contribution in [2.24, 2.45) is 5.41 Å². The van der Waals surface area contributed by atoms with Crippen LogP contribution in [0.3, 0.4) is 0 Å². The van der Waals surface area contributed by atoms with Crippen LogP contribution in [-0.4, -0.2) is 42.6 Å². The second-order valence-electron chi connectivity index (χ2n) is 9.02. The van der Waals surface area contributed by atoms with Crippen molar-refractivity contribution < 1.29 is 27.0 Å². The Bertz CT molecular complexity index is 1060. The highest BCUT2D eigenvalue weighted by molar-refractivity contribution is 7.91. The summed E-state index contributed by atoms with van der Waals surface area (Å²) < 4.78 is 45.4. The molecule has 10 heteroatoms. The monoisotopic (exact) mass is 427 g/mol. The molecule has 1 aromatic carbocycles. The number of amides is 1. The van der Waals surface area contributed by atoms with Gasteiger partial charge in [0.25, 0.3) is 0 Å². The summed E-state index contributed by atoms with van der Waals surface area (Å²) in [6.07, 6.45) is 0.309. The van der Waals surface area contributed by atoms with Crippen molar-refractivity contribution in [3.63, 3.8) is 0 Å². The van der Waals surface area contributed by atoms with Crippen LogP contribution in [0.4, 0.5) is 10.1 Å². The van der Waals surface area contributed by atoms with Crippen molar-refractivity contribution in [1.29, 1.82) is 0 Å². The number of hydrogen-bond acceptors (Lipinski definition) is 7. The third-order valence-corrected chi connectivity index (χ3v) is 6.75. The minimum Gasteiger partial charge on any atom is -0.356 e. The van der Waals surface area contributed by atoms with Crippen LogP contribution in [0.5, 0.6) is 0 Å². The first kappa shape index (κ1) is 21.7. The molecule has 1 aliphatic heterocycles. The van der Waals surface area contributed by atoms with Gasteiger partial charge in [-0.25, -0.2) is 12.8 Å². The summed E-state index contributed by atoms with van der Waals surface area (Å²) in [5.74, 6) is -1.45. The van der Waals surface area contributed by atoms with E-state index in [9.17, 15) is 17.6 Å². The lowest BCUT2D eigenvalue weighted by Crippen LogP contribution is -2.33. The first-order chi connectivity index (χ1) is 13.2. The van der Waals surface area contributed by atoms with Gasteiger partial charge in [0.2, 0.25) is 5.91 Å². The number of nitrogens with zero attached hydrogens (tertiary/aromatic N) is 2. The van der Waals surface area contributed by atoms with Crippen molar-refractivity contribution in [2.75, 3.05) is 12.4 Å². The molecule has 160 valence electrons. The van der Waals surface area contributed by atoms with Crippen LogP contribution in [0.25, 0.3) is 11.0 Å². The lowest BCUT2D eigenvalue weighted by Gasteiger charge is -2.18. The van der Waals surface area contributed by atoms with Gasteiger partial charge in [0, 0.05) is 30.3 Å². The quantitative estimate of drug-likeness (QED) is 0.799. The number of aromatic nitrogens is 1. The molecule has 1 unspecified atom stereocenters. The topological polar surface area (TPSA) is 102 Å². The molecule has 1 saturated heterocycles. The van der Waals surface area contributed by atoms with E-state index in [0.717, 1.165) is 6.07 Å². The molecule has 0 aliphatic carbocycles. The summed E-state index contributed by atoms with van der Waals surface area (Å²) in [6, 6.07) is 2.44. The standard InChI is InChI=1S/C19H26FN3O5S/c1-18(2,3)17(24)21-13-7-11-14(22-27-15(11)8-12(13)20)10-29(25,26)16-9-19(4,5)28-23(16)6/h7-8,16H,9-10H2,1-6H3,(H,21,24). The zero-order valence-corrected chi connectivity index (χ0v) is 18.2. The van der Waals surface area contributed by atoms with Gasteiger partial charge in [0.1, 0.15) is 11.1 Å². The number of nitrogens with one attached hydrogen (secondary N) is 1. The number of hydrogen-bond donors (Lipinski definition) is 1. The summed E-state index contributed by atoms with van der Waals surface area (Å²) in [5, 5.41) is 7.21. The molecule has 8 nitrogen and oxygen atoms in total. The molecule has 1 fully saturated rings. The minimum atomic E-state index is -3.67. The Morgan fingerprint density at radius 1 is 1.38 bits per heavy atom. The van der Waals surface area contributed by atoms with E-state index < -0.39 is 37.8 Å². The van der Waals surface area contributed by atoms with Crippen LogP contribution < -0.4 is 5.32 Å². The third-order valence-electron chi connectivity index (χ3n) is 4.78. The van der Waals surface area contributed by atoms with Crippen LogP contribution in [0, 0.1) is 11.2 Å². The van der Waals surface area contributed by atoms with Crippen molar-refractivity contribution in [3.8, 4) is 0 Å². The molecule has 1 aliphatic rings. The summed E-state index contributed by atoms with van der Waals surface area (Å²) in [6.45, 7) is 8.75. The molecule has 0 spiro atoms. The molecular weight excluding hydrogens is 401 g/mol. The van der Waals surface area contributed by atoms with E-state index in [4.69, 9.17) is 9.36 Å². The van der Waals surface area contributed by atoms with E-state index in [2.05, 4.69) is 10.5 Å². The molecule has 1 amide bonds. The highest BCUT2D eigenvalue weighted by Crippen LogP contribution is 2.34. The second-order valence-corrected chi connectivity index (χ2v) is 11.2. The Kier molecular flexibility index (Phi) is 5.25. The molecule has 2 heterocycles. The smallest absolute Gasteiger partial charge is 0.229 e. The number of hydroxylamine groups is 2. The van der Waals surface area contributed by atoms with Crippen molar-refractivity contribution in [2.45, 2.75) is 57.8 Å². The third kappa shape index (κ3) is 4.44. The average Bonchev–Trinajstić information content (AvgIpc) is 3.06. The number of anilines is 1. The predicted octanol–water partition coefficient (Wildman–Crippen LogP) is 3.24. The molecule has 1 aromatic heterocycles. The number of sulfone groups is 1. The maximum atomic E-state index is 14.4. The van der Waals surface area contributed by atoms with Crippen molar-refractivity contribution >= 4 is 32.4 Å². The Morgan fingerprint density at radius 3 is 2.59 bits per heavy atom. The van der Waals surface area contributed by atoms with E-state index >= 15 is 0 Å². The summed E-state index contributed by atoms with van der Waals surface area (Å²) in [7, 11) is -2.09. The van der Waals surface area contributed by atoms with Gasteiger partial charge in [0.15, 0.2) is 21.2 Å². The Balaban J connectivity index is 1.93. The van der Waals surface area contributed by atoms with Gasteiger partial charge in [-0.15, -0.1) is 0 Å². The summed E-state index contributed by atoms with van der Waals surface area (Å²) in [4.78, 5) is 17.8. The Labute approximate surface area is 169 Å². The van der Waals surface area contributed by atoms with Crippen LogP contribution in [0.2, 0.25) is 0 Å². The van der Waals surface area contributed by atoms with Gasteiger partial charge in [-0.3, -0.25) is 9.63 Å². The normalized spacial score (nSPS) is 20.3. The van der Waals surface area contributed by atoms with Crippen LogP contribution in [-0.2, 0) is 25.2 Å². The van der Waals surface area contributed by atoms with Crippen LogP contribution in [0.1, 0.15) is 46.7 Å². The predicted molar refractivity (Wildman–Crippen MR) is 106 cm³/mol. The lowest BCUT2D eigenvalue weighted by molar-refractivity contribution is -0.168. The minimum absolute atomic E-state index is 0.0540. The highest BCUT2D eigenvalue weighted by Gasteiger charge is 2.44. The lowest BCUT2D eigenvalue weighted by atomic mass is 9.95. The number of benzene rings is 1. The first-order valence-corrected chi connectivity index (χ1v) is 10.9. The van der Waals surface area contributed by atoms with Gasteiger partial charge >= 0.3 is 0 Å². The van der Waals surface area contributed by atoms with E-state index in [-0.39, 0.29) is 22.9 Å². The summed E-state index contributed by atoms with van der Waals surface area (Å²) in [5.41, 5.74) is -1.10. The number of carbonyl (C=O) groups excluding carboxylic acids is 1. The van der Waals surface area contributed by atoms with Crippen molar-refractivity contribution in [1.82, 2.24) is 10.2 Å².